The molecule has 0 N–H and O–H groups in total. The van der Waals surface area contributed by atoms with Gasteiger partial charge < -0.3 is 14.7 Å². The maximum Gasteiger partial charge on any atom is 0.246 e. The number of carbonyl (C=O) groups is 2. The fraction of sp³-hybridized carbons (Fsp3) is 0.619. The Kier molecular flexibility index (Phi) is 5.10. The number of thioether (sulfide) groups is 1. The van der Waals surface area contributed by atoms with Crippen molar-refractivity contribution < 1.29 is 9.59 Å². The van der Waals surface area contributed by atoms with E-state index in [0.29, 0.717) is 18.7 Å². The number of anilines is 1. The van der Waals surface area contributed by atoms with Gasteiger partial charge in [-0.25, -0.2) is 0 Å². The Balaban J connectivity index is 1.39. The highest BCUT2D eigenvalue weighted by Crippen LogP contribution is 2.47. The van der Waals surface area contributed by atoms with Crippen molar-refractivity contribution in [2.75, 3.05) is 30.8 Å². The number of piperidine rings is 1. The molecule has 27 heavy (non-hydrogen) atoms. The number of benzene rings is 1. The smallest absolute Gasteiger partial charge is 0.246 e. The molecule has 6 heteroatoms. The Bertz CT molecular complexity index is 717. The number of nitrogens with zero attached hydrogens (tertiary/aromatic N) is 3. The molecule has 2 atom stereocenters. The van der Waals surface area contributed by atoms with Crippen molar-refractivity contribution in [3.63, 3.8) is 0 Å². The zero-order chi connectivity index (χ0) is 19.0. The molecule has 3 aliphatic rings. The van der Waals surface area contributed by atoms with Crippen molar-refractivity contribution in [1.29, 1.82) is 0 Å². The Morgan fingerprint density at radius 2 is 1.93 bits per heavy atom. The van der Waals surface area contributed by atoms with Gasteiger partial charge in [-0.05, 0) is 50.3 Å². The van der Waals surface area contributed by atoms with Crippen LogP contribution in [0.1, 0.15) is 44.6 Å². The molecule has 3 fully saturated rings. The molecule has 0 radical (unpaired) electrons. The van der Waals surface area contributed by atoms with Gasteiger partial charge in [-0.3, -0.25) is 9.59 Å². The molecular weight excluding hydrogens is 358 g/mol. The minimum Gasteiger partial charge on any atom is -0.372 e. The summed E-state index contributed by atoms with van der Waals surface area (Å²) in [6.45, 7) is 4.95. The van der Waals surface area contributed by atoms with Crippen molar-refractivity contribution in [2.45, 2.75) is 56.5 Å². The molecule has 0 aliphatic carbocycles. The van der Waals surface area contributed by atoms with Crippen LogP contribution in [0, 0.1) is 0 Å². The van der Waals surface area contributed by atoms with E-state index in [-0.39, 0.29) is 22.7 Å². The summed E-state index contributed by atoms with van der Waals surface area (Å²) < 4.78 is 0. The highest BCUT2D eigenvalue weighted by molar-refractivity contribution is 8.01. The van der Waals surface area contributed by atoms with Crippen LogP contribution in [-0.4, -0.2) is 58.4 Å². The largest absolute Gasteiger partial charge is 0.372 e. The number of rotatable bonds is 4. The van der Waals surface area contributed by atoms with Crippen LogP contribution in [-0.2, 0) is 16.1 Å². The van der Waals surface area contributed by atoms with Crippen LogP contribution < -0.4 is 4.90 Å². The van der Waals surface area contributed by atoms with Crippen molar-refractivity contribution in [3.05, 3.63) is 29.8 Å². The van der Waals surface area contributed by atoms with E-state index in [1.54, 1.807) is 16.7 Å². The molecule has 1 aromatic carbocycles. The molecule has 5 nitrogen and oxygen atoms in total. The van der Waals surface area contributed by atoms with Gasteiger partial charge in [0.1, 0.15) is 6.04 Å². The molecule has 3 heterocycles. The van der Waals surface area contributed by atoms with Gasteiger partial charge in [-0.2, -0.15) is 0 Å². The normalized spacial score (nSPS) is 27.8. The minimum absolute atomic E-state index is 0.0570. The lowest BCUT2D eigenvalue weighted by molar-refractivity contribution is -0.143. The zero-order valence-electron chi connectivity index (χ0n) is 16.3. The van der Waals surface area contributed by atoms with Crippen molar-refractivity contribution >= 4 is 29.3 Å². The van der Waals surface area contributed by atoms with Crippen molar-refractivity contribution in [3.8, 4) is 0 Å². The second-order valence-corrected chi connectivity index (χ2v) is 9.68. The van der Waals surface area contributed by atoms with Crippen LogP contribution in [0.2, 0.25) is 0 Å². The summed E-state index contributed by atoms with van der Waals surface area (Å²) in [6, 6.07) is 8.29. The molecule has 4 rings (SSSR count). The number of likely N-dealkylation sites (N-methyl/N-ethyl adjacent to an activating group) is 1. The van der Waals surface area contributed by atoms with Crippen LogP contribution in [0.15, 0.2) is 24.3 Å². The average molecular weight is 388 g/mol. The third kappa shape index (κ3) is 3.56. The number of carbonyl (C=O) groups excluding carboxylic acids is 2. The maximum absolute atomic E-state index is 13.0. The van der Waals surface area contributed by atoms with Gasteiger partial charge in [0.25, 0.3) is 0 Å². The molecule has 0 aromatic heterocycles. The van der Waals surface area contributed by atoms with Crippen LogP contribution in [0.3, 0.4) is 0 Å². The highest BCUT2D eigenvalue weighted by Gasteiger charge is 2.53. The second kappa shape index (κ2) is 7.38. The molecule has 146 valence electrons. The van der Waals surface area contributed by atoms with Gasteiger partial charge >= 0.3 is 0 Å². The van der Waals surface area contributed by atoms with Gasteiger partial charge in [0.15, 0.2) is 0 Å². The first-order valence-corrected chi connectivity index (χ1v) is 11.0. The lowest BCUT2D eigenvalue weighted by Crippen LogP contribution is -2.50. The molecule has 0 spiro atoms. The summed E-state index contributed by atoms with van der Waals surface area (Å²) in [5.74, 6) is 0.890. The summed E-state index contributed by atoms with van der Waals surface area (Å²) in [5.41, 5.74) is 2.41. The van der Waals surface area contributed by atoms with Crippen molar-refractivity contribution in [1.82, 2.24) is 9.80 Å². The summed E-state index contributed by atoms with van der Waals surface area (Å²) in [7, 11) is 1.85. The molecular formula is C21H29N3O2S. The molecule has 0 bridgehead atoms. The first kappa shape index (κ1) is 18.7. The predicted molar refractivity (Wildman–Crippen MR) is 110 cm³/mol. The third-order valence-electron chi connectivity index (χ3n) is 6.18. The first-order valence-electron chi connectivity index (χ1n) is 10.0. The SMILES string of the molecule is CN(Cc1ccc(N2CCCCC2)cc1)C(=O)[C@H]1CS[C@@]2(C)CCC(=O)N12. The number of hydrogen-bond donors (Lipinski definition) is 0. The summed E-state index contributed by atoms with van der Waals surface area (Å²) in [5, 5.41) is 0. The highest BCUT2D eigenvalue weighted by atomic mass is 32.2. The summed E-state index contributed by atoms with van der Waals surface area (Å²) in [6.07, 6.45) is 5.29. The minimum atomic E-state index is -0.312. The van der Waals surface area contributed by atoms with Gasteiger partial charge in [0.05, 0.1) is 4.87 Å². The molecule has 1 aromatic rings. The maximum atomic E-state index is 13.0. The van der Waals surface area contributed by atoms with Crippen LogP contribution in [0.5, 0.6) is 0 Å². The molecule has 3 saturated heterocycles. The molecule has 0 saturated carbocycles. The van der Waals surface area contributed by atoms with E-state index in [4.69, 9.17) is 0 Å². The lowest BCUT2D eigenvalue weighted by Gasteiger charge is -2.32. The molecule has 2 amide bonds. The monoisotopic (exact) mass is 387 g/mol. The van der Waals surface area contributed by atoms with Crippen LogP contribution in [0.25, 0.3) is 0 Å². The number of hydrogen-bond acceptors (Lipinski definition) is 4. The standard InChI is InChI=1S/C21H29N3O2S/c1-21-11-10-19(25)24(21)18(15-27-21)20(26)22(2)14-16-6-8-17(9-7-16)23-12-4-3-5-13-23/h6-9,18H,3-5,10-15H2,1-2H3/t18-,21+/m1/s1. The third-order valence-corrected chi connectivity index (χ3v) is 7.69. The van der Waals surface area contributed by atoms with Gasteiger partial charge in [-0.15, -0.1) is 11.8 Å². The summed E-state index contributed by atoms with van der Waals surface area (Å²) >= 11 is 1.75. The van der Waals surface area contributed by atoms with Gasteiger partial charge in [-0.1, -0.05) is 12.1 Å². The van der Waals surface area contributed by atoms with Crippen LogP contribution in [0.4, 0.5) is 5.69 Å². The van der Waals surface area contributed by atoms with E-state index in [2.05, 4.69) is 36.1 Å². The lowest BCUT2D eigenvalue weighted by atomic mass is 10.1. The predicted octanol–water partition coefficient (Wildman–Crippen LogP) is 3.09. The Morgan fingerprint density at radius 3 is 2.63 bits per heavy atom. The average Bonchev–Trinajstić information content (AvgIpc) is 3.18. The zero-order valence-corrected chi connectivity index (χ0v) is 17.1. The number of fused-ring (bicyclic) bond motifs is 1. The quantitative estimate of drug-likeness (QED) is 0.796. The van der Waals surface area contributed by atoms with E-state index in [9.17, 15) is 9.59 Å². The fourth-order valence-corrected chi connectivity index (χ4v) is 6.00. The van der Waals surface area contributed by atoms with E-state index < -0.39 is 0 Å². The Labute approximate surface area is 166 Å². The van der Waals surface area contributed by atoms with Crippen molar-refractivity contribution in [2.24, 2.45) is 0 Å². The Hall–Kier alpha value is -1.69. The summed E-state index contributed by atoms with van der Waals surface area (Å²) in [4.78, 5) is 31.2. The van der Waals surface area contributed by atoms with E-state index in [1.165, 1.54) is 24.9 Å². The fourth-order valence-electron chi connectivity index (χ4n) is 4.57. The Morgan fingerprint density at radius 1 is 1.22 bits per heavy atom. The molecule has 3 aliphatic heterocycles. The number of amides is 2. The molecule has 0 unspecified atom stereocenters. The van der Waals surface area contributed by atoms with Gasteiger partial charge in [0, 0.05) is 44.5 Å². The van der Waals surface area contributed by atoms with E-state index >= 15 is 0 Å². The van der Waals surface area contributed by atoms with Crippen LogP contribution >= 0.6 is 11.8 Å². The van der Waals surface area contributed by atoms with E-state index in [0.717, 1.165) is 25.1 Å². The van der Waals surface area contributed by atoms with Gasteiger partial charge in [0.2, 0.25) is 11.8 Å². The second-order valence-electron chi connectivity index (χ2n) is 8.17. The first-order chi connectivity index (χ1) is 13.0. The van der Waals surface area contributed by atoms with E-state index in [1.807, 2.05) is 11.9 Å². The topological polar surface area (TPSA) is 43.9 Å².